The molecule has 2 aromatic carbocycles. The van der Waals surface area contributed by atoms with Crippen LogP contribution < -0.4 is 24.6 Å². The molecule has 0 aliphatic carbocycles. The van der Waals surface area contributed by atoms with Crippen LogP contribution in [0.4, 0.5) is 5.69 Å². The Labute approximate surface area is 241 Å². The Morgan fingerprint density at radius 1 is 0.951 bits per heavy atom. The summed E-state index contributed by atoms with van der Waals surface area (Å²) in [5.41, 5.74) is 4.75. The molecule has 10 nitrogen and oxygen atoms in total. The predicted molar refractivity (Wildman–Crippen MR) is 160 cm³/mol. The van der Waals surface area contributed by atoms with Gasteiger partial charge in [0.15, 0.2) is 17.2 Å². The van der Waals surface area contributed by atoms with Gasteiger partial charge in [-0.15, -0.1) is 11.3 Å². The number of aromatic nitrogens is 4. The number of hydrogen-bond donors (Lipinski definition) is 0. The van der Waals surface area contributed by atoms with Crippen molar-refractivity contribution < 1.29 is 14.2 Å². The van der Waals surface area contributed by atoms with Crippen LogP contribution in [0, 0.1) is 6.92 Å². The highest BCUT2D eigenvalue weighted by Gasteiger charge is 2.19. The lowest BCUT2D eigenvalue weighted by Crippen LogP contribution is -2.20. The first-order valence-corrected chi connectivity index (χ1v) is 13.6. The molecule has 11 heteroatoms. The van der Waals surface area contributed by atoms with Crippen LogP contribution in [-0.2, 0) is 7.05 Å². The maximum atomic E-state index is 13.6. The first-order valence-electron chi connectivity index (χ1n) is 12.7. The van der Waals surface area contributed by atoms with E-state index in [2.05, 4.69) is 4.98 Å². The third-order valence-electron chi connectivity index (χ3n) is 6.73. The van der Waals surface area contributed by atoms with E-state index >= 15 is 0 Å². The van der Waals surface area contributed by atoms with Gasteiger partial charge in [-0.2, -0.15) is 5.10 Å². The van der Waals surface area contributed by atoms with E-state index < -0.39 is 0 Å². The van der Waals surface area contributed by atoms with Gasteiger partial charge in [-0.1, -0.05) is 18.2 Å². The fourth-order valence-electron chi connectivity index (χ4n) is 4.48. The fourth-order valence-corrected chi connectivity index (χ4v) is 5.32. The average Bonchev–Trinajstić information content (AvgIpc) is 3.49. The topological polar surface area (TPSA) is 97.2 Å². The zero-order valence-electron chi connectivity index (χ0n) is 23.7. The van der Waals surface area contributed by atoms with Gasteiger partial charge < -0.3 is 14.2 Å². The molecule has 0 aliphatic heterocycles. The maximum absolute atomic E-state index is 13.6. The lowest BCUT2D eigenvalue weighted by Gasteiger charge is -2.14. The summed E-state index contributed by atoms with van der Waals surface area (Å²) in [6.45, 7) is 3.79. The molecule has 5 aromatic rings. The SMILES string of the molecule is COc1cc(-c2csc(=Nc3c(C)n(C)n(-c4ccccc4)c3=O)n2N=C(C)c2ccncc2)cc(OC)c1OC. The molecule has 0 N–H and O–H groups in total. The second kappa shape index (κ2) is 11.7. The highest BCUT2D eigenvalue weighted by molar-refractivity contribution is 7.07. The number of thiazole rings is 1. The summed E-state index contributed by atoms with van der Waals surface area (Å²) in [5, 5.41) is 6.90. The molecule has 0 spiro atoms. The molecule has 3 aromatic heterocycles. The number of rotatable bonds is 8. The van der Waals surface area contributed by atoms with Crippen molar-refractivity contribution >= 4 is 22.7 Å². The molecule has 5 rings (SSSR count). The zero-order chi connectivity index (χ0) is 29.1. The molecule has 0 unspecified atom stereocenters. The normalized spacial score (nSPS) is 12.0. The predicted octanol–water partition coefficient (Wildman–Crippen LogP) is 4.94. The van der Waals surface area contributed by atoms with Gasteiger partial charge >= 0.3 is 0 Å². The van der Waals surface area contributed by atoms with Gasteiger partial charge in [0, 0.05) is 35.9 Å². The Morgan fingerprint density at radius 2 is 1.61 bits per heavy atom. The van der Waals surface area contributed by atoms with Crippen LogP contribution in [0.5, 0.6) is 17.2 Å². The average molecular weight is 571 g/mol. The first-order chi connectivity index (χ1) is 19.9. The van der Waals surface area contributed by atoms with Gasteiger partial charge in [0.25, 0.3) is 5.56 Å². The van der Waals surface area contributed by atoms with Crippen molar-refractivity contribution in [3.63, 3.8) is 0 Å². The van der Waals surface area contributed by atoms with E-state index in [0.717, 1.165) is 33.9 Å². The Bertz CT molecular complexity index is 1820. The molecule has 3 heterocycles. The molecule has 0 fully saturated rings. The molecule has 41 heavy (non-hydrogen) atoms. The van der Waals surface area contributed by atoms with Crippen molar-refractivity contribution in [2.24, 2.45) is 17.1 Å². The highest BCUT2D eigenvalue weighted by Crippen LogP contribution is 2.41. The molecular formula is C30H30N6O4S. The minimum Gasteiger partial charge on any atom is -0.493 e. The van der Waals surface area contributed by atoms with Crippen LogP contribution in [0.25, 0.3) is 16.9 Å². The standard InChI is InChI=1S/C30H30N6O4S/c1-19(21-12-14-31-15-13-21)33-35-24(22-16-25(38-4)28(40-6)26(17-22)39-5)18-41-30(35)32-27-20(2)34(3)36(29(27)37)23-10-8-7-9-11-23/h7-18H,1-6H3. The Kier molecular flexibility index (Phi) is 7.88. The summed E-state index contributed by atoms with van der Waals surface area (Å²) in [5.74, 6) is 1.51. The van der Waals surface area contributed by atoms with E-state index in [1.807, 2.05) is 80.9 Å². The van der Waals surface area contributed by atoms with Crippen LogP contribution in [0.15, 0.2) is 87.3 Å². The summed E-state index contributed by atoms with van der Waals surface area (Å²) in [6, 6.07) is 17.0. The van der Waals surface area contributed by atoms with Crippen LogP contribution in [-0.4, -0.2) is 46.1 Å². The monoisotopic (exact) mass is 570 g/mol. The van der Waals surface area contributed by atoms with E-state index in [4.69, 9.17) is 24.3 Å². The lowest BCUT2D eigenvalue weighted by molar-refractivity contribution is 0.324. The van der Waals surface area contributed by atoms with Gasteiger partial charge in [-0.3, -0.25) is 14.5 Å². The number of ether oxygens (including phenoxy) is 3. The van der Waals surface area contributed by atoms with E-state index in [1.54, 1.807) is 47.8 Å². The molecule has 0 aliphatic rings. The Balaban J connectivity index is 1.77. The van der Waals surface area contributed by atoms with E-state index in [0.29, 0.717) is 27.7 Å². The van der Waals surface area contributed by atoms with Crippen molar-refractivity contribution in [3.05, 3.63) is 98.8 Å². The molecule has 210 valence electrons. The third kappa shape index (κ3) is 5.19. The summed E-state index contributed by atoms with van der Waals surface area (Å²) >= 11 is 1.37. The number of methoxy groups -OCH3 is 3. The van der Waals surface area contributed by atoms with Crippen LogP contribution in [0.3, 0.4) is 0 Å². The summed E-state index contributed by atoms with van der Waals surface area (Å²) in [7, 11) is 6.56. The van der Waals surface area contributed by atoms with Crippen molar-refractivity contribution in [2.45, 2.75) is 13.8 Å². The highest BCUT2D eigenvalue weighted by atomic mass is 32.1. The van der Waals surface area contributed by atoms with E-state index in [1.165, 1.54) is 11.3 Å². The minimum atomic E-state index is -0.222. The summed E-state index contributed by atoms with van der Waals surface area (Å²) < 4.78 is 21.9. The van der Waals surface area contributed by atoms with Crippen molar-refractivity contribution in [1.82, 2.24) is 19.0 Å². The van der Waals surface area contributed by atoms with Gasteiger partial charge in [-0.25, -0.2) is 14.4 Å². The number of para-hydroxylation sites is 1. The van der Waals surface area contributed by atoms with Crippen LogP contribution in [0.1, 0.15) is 18.2 Å². The second-order valence-corrected chi connectivity index (χ2v) is 9.91. The fraction of sp³-hybridized carbons (Fsp3) is 0.200. The van der Waals surface area contributed by atoms with Crippen molar-refractivity contribution in [3.8, 4) is 34.2 Å². The molecule has 0 radical (unpaired) electrons. The molecule has 0 saturated carbocycles. The largest absolute Gasteiger partial charge is 0.493 e. The smallest absolute Gasteiger partial charge is 0.297 e. The lowest BCUT2D eigenvalue weighted by atomic mass is 10.1. The quantitative estimate of drug-likeness (QED) is 0.246. The molecule has 0 saturated heterocycles. The van der Waals surface area contributed by atoms with E-state index in [-0.39, 0.29) is 5.56 Å². The minimum absolute atomic E-state index is 0.222. The number of hydrogen-bond acceptors (Lipinski definition) is 8. The molecule has 0 atom stereocenters. The summed E-state index contributed by atoms with van der Waals surface area (Å²) in [4.78, 5) is 23.2. The van der Waals surface area contributed by atoms with Gasteiger partial charge in [0.2, 0.25) is 10.6 Å². The molecule has 0 bridgehead atoms. The van der Waals surface area contributed by atoms with E-state index in [9.17, 15) is 4.79 Å². The number of nitrogens with zero attached hydrogens (tertiary/aromatic N) is 6. The Hall–Kier alpha value is -4.90. The first kappa shape index (κ1) is 27.7. The second-order valence-electron chi connectivity index (χ2n) is 9.07. The van der Waals surface area contributed by atoms with Gasteiger partial charge in [-0.05, 0) is 50.2 Å². The van der Waals surface area contributed by atoms with Gasteiger partial charge in [0.1, 0.15) is 0 Å². The zero-order valence-corrected chi connectivity index (χ0v) is 24.5. The van der Waals surface area contributed by atoms with Gasteiger partial charge in [0.05, 0.1) is 44.1 Å². The number of benzene rings is 2. The maximum Gasteiger partial charge on any atom is 0.297 e. The molecule has 0 amide bonds. The molecular weight excluding hydrogens is 540 g/mol. The van der Waals surface area contributed by atoms with Crippen LogP contribution >= 0.6 is 11.3 Å². The van der Waals surface area contributed by atoms with Crippen molar-refractivity contribution in [2.75, 3.05) is 21.3 Å². The third-order valence-corrected chi connectivity index (χ3v) is 7.54. The van der Waals surface area contributed by atoms with Crippen molar-refractivity contribution in [1.29, 1.82) is 0 Å². The summed E-state index contributed by atoms with van der Waals surface area (Å²) in [6.07, 6.45) is 3.44. The van der Waals surface area contributed by atoms with Crippen LogP contribution in [0.2, 0.25) is 0 Å². The number of pyridine rings is 1. The Morgan fingerprint density at radius 3 is 2.22 bits per heavy atom.